The quantitative estimate of drug-likeness (QED) is 0.823. The third kappa shape index (κ3) is 2.47. The number of piperazine rings is 1. The standard InChI is InChI=1S/C13H18N4S/c14-13(18)10-1-4-12(15-9-10)17-7-5-16(6-8-17)11-2-3-11/h1,4,9,11H,2-3,5-8H2,(H2,14,18). The monoisotopic (exact) mass is 262 g/mol. The molecule has 1 aromatic rings. The molecule has 18 heavy (non-hydrogen) atoms. The lowest BCUT2D eigenvalue weighted by Gasteiger charge is -2.35. The predicted octanol–water partition coefficient (Wildman–Crippen LogP) is 1.00. The van der Waals surface area contributed by atoms with Crippen molar-refractivity contribution in [1.82, 2.24) is 9.88 Å². The molecule has 0 unspecified atom stereocenters. The van der Waals surface area contributed by atoms with Crippen LogP contribution in [0.3, 0.4) is 0 Å². The first-order chi connectivity index (χ1) is 8.74. The van der Waals surface area contributed by atoms with Crippen LogP contribution >= 0.6 is 12.2 Å². The molecule has 1 saturated heterocycles. The third-order valence-corrected chi connectivity index (χ3v) is 3.97. The predicted molar refractivity (Wildman–Crippen MR) is 76.9 cm³/mol. The van der Waals surface area contributed by atoms with E-state index < -0.39 is 0 Å². The summed E-state index contributed by atoms with van der Waals surface area (Å²) in [5.41, 5.74) is 6.41. The van der Waals surface area contributed by atoms with Gasteiger partial charge in [0, 0.05) is 44.0 Å². The normalized spacial score (nSPS) is 21.0. The van der Waals surface area contributed by atoms with Gasteiger partial charge in [0.2, 0.25) is 0 Å². The van der Waals surface area contributed by atoms with Crippen LogP contribution in [0.25, 0.3) is 0 Å². The molecule has 0 atom stereocenters. The molecule has 2 aliphatic rings. The molecular weight excluding hydrogens is 244 g/mol. The van der Waals surface area contributed by atoms with E-state index in [0.717, 1.165) is 43.6 Å². The molecule has 2 heterocycles. The molecule has 1 saturated carbocycles. The van der Waals surface area contributed by atoms with Crippen molar-refractivity contribution in [3.05, 3.63) is 23.9 Å². The van der Waals surface area contributed by atoms with Crippen LogP contribution in [0.15, 0.2) is 18.3 Å². The summed E-state index contributed by atoms with van der Waals surface area (Å²) in [5, 5.41) is 0. The van der Waals surface area contributed by atoms with Crippen LogP contribution in [0.1, 0.15) is 18.4 Å². The zero-order valence-electron chi connectivity index (χ0n) is 10.4. The molecule has 0 bridgehead atoms. The number of nitrogens with two attached hydrogens (primary N) is 1. The number of rotatable bonds is 3. The highest BCUT2D eigenvalue weighted by molar-refractivity contribution is 7.80. The first-order valence-corrected chi connectivity index (χ1v) is 6.90. The van der Waals surface area contributed by atoms with Crippen molar-refractivity contribution in [3.63, 3.8) is 0 Å². The second-order valence-electron chi connectivity index (χ2n) is 5.02. The first-order valence-electron chi connectivity index (χ1n) is 6.49. The number of pyridine rings is 1. The van der Waals surface area contributed by atoms with E-state index in [1.807, 2.05) is 12.1 Å². The molecule has 96 valence electrons. The van der Waals surface area contributed by atoms with E-state index >= 15 is 0 Å². The summed E-state index contributed by atoms with van der Waals surface area (Å²) in [6.45, 7) is 4.44. The van der Waals surface area contributed by atoms with Gasteiger partial charge in [0.05, 0.1) is 0 Å². The van der Waals surface area contributed by atoms with Gasteiger partial charge in [-0.15, -0.1) is 0 Å². The minimum absolute atomic E-state index is 0.410. The van der Waals surface area contributed by atoms with Crippen LogP contribution in [-0.2, 0) is 0 Å². The summed E-state index contributed by atoms with van der Waals surface area (Å²) < 4.78 is 0. The first kappa shape index (κ1) is 11.9. The number of hydrogen-bond acceptors (Lipinski definition) is 4. The fourth-order valence-electron chi connectivity index (χ4n) is 2.47. The van der Waals surface area contributed by atoms with Crippen molar-refractivity contribution in [2.75, 3.05) is 31.1 Å². The Balaban J connectivity index is 1.62. The Hall–Kier alpha value is -1.20. The van der Waals surface area contributed by atoms with Gasteiger partial charge in [-0.05, 0) is 25.0 Å². The minimum atomic E-state index is 0.410. The maximum absolute atomic E-state index is 5.57. The summed E-state index contributed by atoms with van der Waals surface area (Å²) in [6.07, 6.45) is 4.55. The van der Waals surface area contributed by atoms with E-state index in [4.69, 9.17) is 18.0 Å². The Bertz CT molecular complexity index is 433. The molecule has 0 spiro atoms. The Kier molecular flexibility index (Phi) is 3.18. The molecule has 2 N–H and O–H groups in total. The van der Waals surface area contributed by atoms with Crippen LogP contribution < -0.4 is 10.6 Å². The zero-order chi connectivity index (χ0) is 12.5. The van der Waals surface area contributed by atoms with E-state index in [1.165, 1.54) is 12.8 Å². The lowest BCUT2D eigenvalue weighted by atomic mass is 10.2. The Morgan fingerprint density at radius 2 is 1.94 bits per heavy atom. The van der Waals surface area contributed by atoms with E-state index in [2.05, 4.69) is 14.8 Å². The fourth-order valence-corrected chi connectivity index (χ4v) is 2.60. The Labute approximate surface area is 113 Å². The molecule has 0 radical (unpaired) electrons. The lowest BCUT2D eigenvalue weighted by molar-refractivity contribution is 0.247. The molecule has 5 heteroatoms. The second kappa shape index (κ2) is 4.82. The molecule has 1 aliphatic heterocycles. The van der Waals surface area contributed by atoms with E-state index in [-0.39, 0.29) is 0 Å². The smallest absolute Gasteiger partial charge is 0.128 e. The average Bonchev–Trinajstić information content (AvgIpc) is 3.23. The molecule has 1 aromatic heterocycles. The van der Waals surface area contributed by atoms with Crippen LogP contribution in [-0.4, -0.2) is 47.1 Å². The van der Waals surface area contributed by atoms with Crippen molar-refractivity contribution < 1.29 is 0 Å². The largest absolute Gasteiger partial charge is 0.389 e. The number of aromatic nitrogens is 1. The molecule has 2 fully saturated rings. The van der Waals surface area contributed by atoms with Gasteiger partial charge in [0.15, 0.2) is 0 Å². The topological polar surface area (TPSA) is 45.4 Å². The minimum Gasteiger partial charge on any atom is -0.389 e. The zero-order valence-corrected chi connectivity index (χ0v) is 11.2. The summed E-state index contributed by atoms with van der Waals surface area (Å²) >= 11 is 4.93. The second-order valence-corrected chi connectivity index (χ2v) is 5.46. The van der Waals surface area contributed by atoms with E-state index in [9.17, 15) is 0 Å². The van der Waals surface area contributed by atoms with E-state index in [0.29, 0.717) is 4.99 Å². The maximum Gasteiger partial charge on any atom is 0.128 e. The van der Waals surface area contributed by atoms with Crippen LogP contribution in [0.4, 0.5) is 5.82 Å². The van der Waals surface area contributed by atoms with Crippen molar-refractivity contribution in [1.29, 1.82) is 0 Å². The van der Waals surface area contributed by atoms with Crippen LogP contribution in [0.2, 0.25) is 0 Å². The van der Waals surface area contributed by atoms with Crippen molar-refractivity contribution in [3.8, 4) is 0 Å². The van der Waals surface area contributed by atoms with Gasteiger partial charge in [0.25, 0.3) is 0 Å². The van der Waals surface area contributed by atoms with Gasteiger partial charge < -0.3 is 10.6 Å². The van der Waals surface area contributed by atoms with E-state index in [1.54, 1.807) is 6.20 Å². The van der Waals surface area contributed by atoms with Crippen molar-refractivity contribution >= 4 is 23.0 Å². The average molecular weight is 262 g/mol. The lowest BCUT2D eigenvalue weighted by Crippen LogP contribution is -2.47. The van der Waals surface area contributed by atoms with Gasteiger partial charge in [-0.2, -0.15) is 0 Å². The molecule has 0 aromatic carbocycles. The molecular formula is C13H18N4S. The fraction of sp³-hybridized carbons (Fsp3) is 0.538. The van der Waals surface area contributed by atoms with Crippen LogP contribution in [0.5, 0.6) is 0 Å². The van der Waals surface area contributed by atoms with Gasteiger partial charge >= 0.3 is 0 Å². The number of thiocarbonyl (C=S) groups is 1. The molecule has 3 rings (SSSR count). The maximum atomic E-state index is 5.57. The summed E-state index contributed by atoms with van der Waals surface area (Å²) in [7, 11) is 0. The Morgan fingerprint density at radius 1 is 1.22 bits per heavy atom. The van der Waals surface area contributed by atoms with Crippen molar-refractivity contribution in [2.45, 2.75) is 18.9 Å². The Morgan fingerprint density at radius 3 is 2.44 bits per heavy atom. The summed E-state index contributed by atoms with van der Waals surface area (Å²) in [4.78, 5) is 9.79. The van der Waals surface area contributed by atoms with Gasteiger partial charge in [-0.1, -0.05) is 12.2 Å². The summed E-state index contributed by atoms with van der Waals surface area (Å²) in [6, 6.07) is 4.84. The number of nitrogens with zero attached hydrogens (tertiary/aromatic N) is 3. The number of anilines is 1. The highest BCUT2D eigenvalue weighted by atomic mass is 32.1. The molecule has 1 aliphatic carbocycles. The highest BCUT2D eigenvalue weighted by Crippen LogP contribution is 2.28. The van der Waals surface area contributed by atoms with Crippen molar-refractivity contribution in [2.24, 2.45) is 5.73 Å². The van der Waals surface area contributed by atoms with Crippen LogP contribution in [0, 0.1) is 0 Å². The SMILES string of the molecule is NC(=S)c1ccc(N2CCN(C3CC3)CC2)nc1. The summed E-state index contributed by atoms with van der Waals surface area (Å²) in [5.74, 6) is 1.03. The number of hydrogen-bond donors (Lipinski definition) is 1. The van der Waals surface area contributed by atoms with Gasteiger partial charge in [-0.3, -0.25) is 4.90 Å². The third-order valence-electron chi connectivity index (χ3n) is 3.73. The molecule has 0 amide bonds. The molecule has 4 nitrogen and oxygen atoms in total. The highest BCUT2D eigenvalue weighted by Gasteiger charge is 2.31. The van der Waals surface area contributed by atoms with Gasteiger partial charge in [0.1, 0.15) is 10.8 Å². The van der Waals surface area contributed by atoms with Gasteiger partial charge in [-0.25, -0.2) is 4.98 Å².